The number of fused-ring (bicyclic) bond motifs is 6. The highest BCUT2D eigenvalue weighted by Gasteiger charge is 2.18. The Kier molecular flexibility index (Phi) is 6.22. The summed E-state index contributed by atoms with van der Waals surface area (Å²) < 4.78 is 4.18. The van der Waals surface area contributed by atoms with Crippen LogP contribution in [0.4, 0.5) is 0 Å². The summed E-state index contributed by atoms with van der Waals surface area (Å²) in [6, 6.07) is 52.7. The number of aromatic amines is 1. The lowest BCUT2D eigenvalue weighted by Crippen LogP contribution is -2.17. The number of nitrogens with zero attached hydrogens (tertiary/aromatic N) is 3. The van der Waals surface area contributed by atoms with Crippen molar-refractivity contribution >= 4 is 49.4 Å². The van der Waals surface area contributed by atoms with Crippen LogP contribution in [0.15, 0.2) is 169 Å². The van der Waals surface area contributed by atoms with E-state index < -0.39 is 0 Å². The monoisotopic (exact) mass is 603 g/mol. The van der Waals surface area contributed by atoms with E-state index >= 15 is 0 Å². The lowest BCUT2D eigenvalue weighted by atomic mass is 9.98. The molecule has 0 aliphatic heterocycles. The van der Waals surface area contributed by atoms with Crippen molar-refractivity contribution in [2.45, 2.75) is 0 Å². The second-order valence-electron chi connectivity index (χ2n) is 11.8. The molecule has 0 aliphatic rings. The van der Waals surface area contributed by atoms with E-state index in [1.807, 2.05) is 35.0 Å². The van der Waals surface area contributed by atoms with Crippen molar-refractivity contribution in [1.82, 2.24) is 14.1 Å². The number of para-hydroxylation sites is 2. The van der Waals surface area contributed by atoms with Gasteiger partial charge in [-0.15, -0.1) is 0 Å². The van der Waals surface area contributed by atoms with Gasteiger partial charge in [0.2, 0.25) is 5.96 Å². The molecule has 5 heteroatoms. The highest BCUT2D eigenvalue weighted by molar-refractivity contribution is 6.21. The van der Waals surface area contributed by atoms with Gasteiger partial charge in [0.25, 0.3) is 0 Å². The van der Waals surface area contributed by atoms with Crippen molar-refractivity contribution in [2.24, 2.45) is 4.99 Å². The van der Waals surface area contributed by atoms with Crippen LogP contribution in [0.1, 0.15) is 0 Å². The van der Waals surface area contributed by atoms with E-state index in [9.17, 15) is 5.41 Å². The van der Waals surface area contributed by atoms with E-state index in [4.69, 9.17) is 4.99 Å². The van der Waals surface area contributed by atoms with Crippen LogP contribution in [0, 0.1) is 5.41 Å². The molecule has 0 amide bonds. The lowest BCUT2D eigenvalue weighted by molar-refractivity contribution is 1.10. The SMILES string of the molecule is N=C(/N=c1\[nH]cccc1-c1ccc2cc(-c3ccccc3)ccc2c1)n1c2ccccc2c2ccc3c(ccn3-c3ccccc3)c21. The summed E-state index contributed by atoms with van der Waals surface area (Å²) in [6.07, 6.45) is 3.97. The first-order valence-electron chi connectivity index (χ1n) is 15.7. The van der Waals surface area contributed by atoms with Gasteiger partial charge in [0.05, 0.1) is 16.6 Å². The largest absolute Gasteiger partial charge is 0.346 e. The summed E-state index contributed by atoms with van der Waals surface area (Å²) in [6.45, 7) is 0. The molecule has 3 aromatic heterocycles. The molecule has 222 valence electrons. The minimum Gasteiger partial charge on any atom is -0.346 e. The smallest absolute Gasteiger partial charge is 0.229 e. The predicted molar refractivity (Wildman–Crippen MR) is 194 cm³/mol. The first kappa shape index (κ1) is 26.9. The minimum atomic E-state index is 0.146. The molecule has 2 N–H and O–H groups in total. The Bertz CT molecular complexity index is 2690. The molecule has 9 rings (SSSR count). The first-order valence-corrected chi connectivity index (χ1v) is 15.7. The number of nitrogens with one attached hydrogen (secondary N) is 2. The zero-order valence-corrected chi connectivity index (χ0v) is 25.4. The highest BCUT2D eigenvalue weighted by atomic mass is 15.2. The van der Waals surface area contributed by atoms with Crippen LogP contribution >= 0.6 is 0 Å². The molecule has 5 nitrogen and oxygen atoms in total. The Morgan fingerprint density at radius 3 is 2.11 bits per heavy atom. The highest BCUT2D eigenvalue weighted by Crippen LogP contribution is 2.36. The Balaban J connectivity index is 1.19. The van der Waals surface area contributed by atoms with E-state index in [2.05, 4.69) is 143 Å². The average Bonchev–Trinajstić information content (AvgIpc) is 3.72. The number of hydrogen-bond donors (Lipinski definition) is 2. The van der Waals surface area contributed by atoms with Crippen LogP contribution in [0.5, 0.6) is 0 Å². The summed E-state index contributed by atoms with van der Waals surface area (Å²) in [5.41, 5.74) is 9.12. The maximum Gasteiger partial charge on any atom is 0.229 e. The van der Waals surface area contributed by atoms with Crippen molar-refractivity contribution in [2.75, 3.05) is 0 Å². The molecule has 0 bridgehead atoms. The Morgan fingerprint density at radius 2 is 1.28 bits per heavy atom. The molecule has 0 radical (unpaired) electrons. The number of rotatable bonds is 3. The van der Waals surface area contributed by atoms with Gasteiger partial charge in [-0.1, -0.05) is 97.1 Å². The molecular weight excluding hydrogens is 574 g/mol. The van der Waals surface area contributed by atoms with E-state index in [1.54, 1.807) is 0 Å². The molecule has 0 spiro atoms. The molecule has 0 saturated carbocycles. The van der Waals surface area contributed by atoms with Gasteiger partial charge in [-0.2, -0.15) is 4.99 Å². The lowest BCUT2D eigenvalue weighted by Gasteiger charge is -2.09. The Labute approximate surface area is 270 Å². The van der Waals surface area contributed by atoms with Crippen molar-refractivity contribution in [3.05, 3.63) is 170 Å². The third kappa shape index (κ3) is 4.48. The molecule has 47 heavy (non-hydrogen) atoms. The maximum absolute atomic E-state index is 9.46. The summed E-state index contributed by atoms with van der Waals surface area (Å²) in [7, 11) is 0. The summed E-state index contributed by atoms with van der Waals surface area (Å²) >= 11 is 0. The number of benzene rings is 6. The van der Waals surface area contributed by atoms with Gasteiger partial charge in [-0.3, -0.25) is 9.98 Å². The predicted octanol–water partition coefficient (Wildman–Crippen LogP) is 9.94. The number of pyridine rings is 1. The molecule has 0 atom stereocenters. The van der Waals surface area contributed by atoms with Crippen LogP contribution in [-0.4, -0.2) is 20.1 Å². The first-order chi connectivity index (χ1) is 23.2. The molecule has 9 aromatic rings. The third-order valence-electron chi connectivity index (χ3n) is 9.06. The molecular formula is C42H29N5. The molecule has 3 heterocycles. The molecule has 6 aromatic carbocycles. The summed E-state index contributed by atoms with van der Waals surface area (Å²) in [5.74, 6) is 0.146. The third-order valence-corrected chi connectivity index (χ3v) is 9.06. The second kappa shape index (κ2) is 10.9. The van der Waals surface area contributed by atoms with Crippen molar-refractivity contribution in [1.29, 1.82) is 5.41 Å². The summed E-state index contributed by atoms with van der Waals surface area (Å²) in [5, 5.41) is 15.1. The molecule has 0 unspecified atom stereocenters. The van der Waals surface area contributed by atoms with Crippen molar-refractivity contribution in [3.63, 3.8) is 0 Å². The van der Waals surface area contributed by atoms with E-state index in [0.29, 0.717) is 5.49 Å². The fraction of sp³-hybridized carbons (Fsp3) is 0. The van der Waals surface area contributed by atoms with Crippen molar-refractivity contribution < 1.29 is 0 Å². The molecule has 0 aliphatic carbocycles. The van der Waals surface area contributed by atoms with Crippen LogP contribution in [0.3, 0.4) is 0 Å². The second-order valence-corrected chi connectivity index (χ2v) is 11.8. The van der Waals surface area contributed by atoms with Crippen LogP contribution in [-0.2, 0) is 0 Å². The van der Waals surface area contributed by atoms with Gasteiger partial charge in [0.1, 0.15) is 5.49 Å². The van der Waals surface area contributed by atoms with Crippen LogP contribution in [0.25, 0.3) is 71.4 Å². The molecule has 0 fully saturated rings. The maximum atomic E-state index is 9.46. The van der Waals surface area contributed by atoms with E-state index in [1.165, 1.54) is 16.5 Å². The Hall–Kier alpha value is -6.46. The zero-order valence-electron chi connectivity index (χ0n) is 25.4. The van der Waals surface area contributed by atoms with E-state index in [-0.39, 0.29) is 5.96 Å². The van der Waals surface area contributed by atoms with Gasteiger partial charge >= 0.3 is 0 Å². The standard InChI is InChI=1S/C42H29N5/c43-42(45-41-34(15-9-24-44-41)32-20-19-30-26-29(17-18-31(30)27-32)28-10-3-1-4-11-28)47-39-16-8-7-14-35(39)36-21-22-38-37(40(36)47)23-25-46(38)33-12-5-2-6-13-33/h1-27H,(H2,43,44,45). The van der Waals surface area contributed by atoms with Gasteiger partial charge in [-0.05, 0) is 82.1 Å². The van der Waals surface area contributed by atoms with Gasteiger partial charge in [0, 0.05) is 39.8 Å². The van der Waals surface area contributed by atoms with Gasteiger partial charge in [-0.25, -0.2) is 0 Å². The average molecular weight is 604 g/mol. The van der Waals surface area contributed by atoms with Crippen molar-refractivity contribution in [3.8, 4) is 27.9 Å². The molecule has 0 saturated heterocycles. The number of H-pyrrole nitrogens is 1. The van der Waals surface area contributed by atoms with Gasteiger partial charge < -0.3 is 9.55 Å². The van der Waals surface area contributed by atoms with Crippen LogP contribution < -0.4 is 5.49 Å². The number of hydrogen-bond acceptors (Lipinski definition) is 1. The minimum absolute atomic E-state index is 0.146. The fourth-order valence-corrected chi connectivity index (χ4v) is 6.84. The topological polar surface area (TPSA) is 61.9 Å². The van der Waals surface area contributed by atoms with Gasteiger partial charge in [0.15, 0.2) is 0 Å². The Morgan fingerprint density at radius 1 is 0.553 bits per heavy atom. The number of aromatic nitrogens is 3. The summed E-state index contributed by atoms with van der Waals surface area (Å²) in [4.78, 5) is 8.31. The van der Waals surface area contributed by atoms with Crippen LogP contribution in [0.2, 0.25) is 0 Å². The van der Waals surface area contributed by atoms with E-state index in [0.717, 1.165) is 54.9 Å². The fourth-order valence-electron chi connectivity index (χ4n) is 6.84. The normalized spacial score (nSPS) is 12.0. The zero-order chi connectivity index (χ0) is 31.3. The quantitative estimate of drug-likeness (QED) is 0.149.